The van der Waals surface area contributed by atoms with Crippen LogP contribution in [-0.4, -0.2) is 45.1 Å². The van der Waals surface area contributed by atoms with Crippen LogP contribution in [0.15, 0.2) is 12.1 Å². The van der Waals surface area contributed by atoms with Crippen LogP contribution in [0.2, 0.25) is 0 Å². The quantitative estimate of drug-likeness (QED) is 0.775. The van der Waals surface area contributed by atoms with Crippen LogP contribution in [0.3, 0.4) is 0 Å². The molecule has 0 radical (unpaired) electrons. The molecule has 0 bridgehead atoms. The Bertz CT molecular complexity index is 456. The van der Waals surface area contributed by atoms with E-state index in [4.69, 9.17) is 4.74 Å². The molecule has 0 saturated heterocycles. The minimum absolute atomic E-state index is 0.0500. The fourth-order valence-electron chi connectivity index (χ4n) is 2.21. The van der Waals surface area contributed by atoms with E-state index in [0.717, 1.165) is 35.4 Å². The highest BCUT2D eigenvalue weighted by atomic mass is 16.5. The minimum Gasteiger partial charge on any atom is -0.496 e. The number of nitrogens with zero attached hydrogens (tertiary/aromatic N) is 1. The lowest BCUT2D eigenvalue weighted by Crippen LogP contribution is -2.28. The summed E-state index contributed by atoms with van der Waals surface area (Å²) in [5.74, 6) is 0.847. The number of rotatable bonds is 7. The summed E-state index contributed by atoms with van der Waals surface area (Å²) in [5, 5.41) is 2.96. The number of methoxy groups -OCH3 is 1. The van der Waals surface area contributed by atoms with Crippen LogP contribution in [0, 0.1) is 13.8 Å². The van der Waals surface area contributed by atoms with Crippen molar-refractivity contribution in [2.24, 2.45) is 0 Å². The second-order valence-corrected chi connectivity index (χ2v) is 5.45. The molecule has 0 heterocycles. The summed E-state index contributed by atoms with van der Waals surface area (Å²) in [4.78, 5) is 14.1. The predicted octanol–water partition coefficient (Wildman–Crippen LogP) is 1.92. The molecule has 112 valence electrons. The van der Waals surface area contributed by atoms with E-state index < -0.39 is 0 Å². The van der Waals surface area contributed by atoms with Crippen molar-refractivity contribution >= 4 is 5.91 Å². The van der Waals surface area contributed by atoms with Crippen molar-refractivity contribution in [3.63, 3.8) is 0 Å². The van der Waals surface area contributed by atoms with E-state index in [2.05, 4.69) is 16.3 Å². The summed E-state index contributed by atoms with van der Waals surface area (Å²) in [6.07, 6.45) is 1.33. The molecule has 4 nitrogen and oxygen atoms in total. The number of aryl methyl sites for hydroxylation is 2. The largest absolute Gasteiger partial charge is 0.496 e. The second-order valence-electron chi connectivity index (χ2n) is 5.45. The molecule has 0 aromatic heterocycles. The van der Waals surface area contributed by atoms with Crippen molar-refractivity contribution in [1.82, 2.24) is 10.2 Å². The lowest BCUT2D eigenvalue weighted by Gasteiger charge is -2.14. The SMILES string of the molecule is COc1cc(C)cc(C)c1CC(=O)NCCCN(C)C. The van der Waals surface area contributed by atoms with Gasteiger partial charge in [0.1, 0.15) is 5.75 Å². The van der Waals surface area contributed by atoms with E-state index in [0.29, 0.717) is 13.0 Å². The molecular formula is C16H26N2O2. The molecule has 20 heavy (non-hydrogen) atoms. The standard InChI is InChI=1S/C16H26N2O2/c1-12-9-13(2)14(15(10-12)20-5)11-16(19)17-7-6-8-18(3)4/h9-10H,6-8,11H2,1-5H3,(H,17,19). The van der Waals surface area contributed by atoms with Gasteiger partial charge in [-0.25, -0.2) is 0 Å². The van der Waals surface area contributed by atoms with Gasteiger partial charge in [-0.1, -0.05) is 6.07 Å². The van der Waals surface area contributed by atoms with Gasteiger partial charge in [-0.2, -0.15) is 0 Å². The van der Waals surface area contributed by atoms with Crippen molar-refractivity contribution in [3.8, 4) is 5.75 Å². The summed E-state index contributed by atoms with van der Waals surface area (Å²) in [6, 6.07) is 4.05. The van der Waals surface area contributed by atoms with Gasteiger partial charge in [0.05, 0.1) is 13.5 Å². The molecule has 0 aliphatic rings. The van der Waals surface area contributed by atoms with Crippen molar-refractivity contribution < 1.29 is 9.53 Å². The van der Waals surface area contributed by atoms with Gasteiger partial charge < -0.3 is 15.0 Å². The van der Waals surface area contributed by atoms with E-state index in [1.807, 2.05) is 34.0 Å². The predicted molar refractivity (Wildman–Crippen MR) is 82.4 cm³/mol. The molecule has 1 N–H and O–H groups in total. The highest BCUT2D eigenvalue weighted by molar-refractivity contribution is 5.79. The Morgan fingerprint density at radius 2 is 2.00 bits per heavy atom. The first kappa shape index (κ1) is 16.5. The third-order valence-corrected chi connectivity index (χ3v) is 3.24. The highest BCUT2D eigenvalue weighted by Crippen LogP contribution is 2.24. The van der Waals surface area contributed by atoms with Crippen LogP contribution in [0.25, 0.3) is 0 Å². The number of nitrogens with one attached hydrogen (secondary N) is 1. The minimum atomic E-state index is 0.0500. The smallest absolute Gasteiger partial charge is 0.224 e. The maximum absolute atomic E-state index is 12.0. The van der Waals surface area contributed by atoms with Crippen LogP contribution in [0.4, 0.5) is 0 Å². The zero-order valence-corrected chi connectivity index (χ0v) is 13.2. The van der Waals surface area contributed by atoms with Gasteiger partial charge in [-0.05, 0) is 58.1 Å². The summed E-state index contributed by atoms with van der Waals surface area (Å²) in [5.41, 5.74) is 3.22. The van der Waals surface area contributed by atoms with Gasteiger partial charge in [0.2, 0.25) is 5.91 Å². The van der Waals surface area contributed by atoms with E-state index in [-0.39, 0.29) is 5.91 Å². The molecule has 1 aromatic rings. The van der Waals surface area contributed by atoms with E-state index in [1.165, 1.54) is 0 Å². The lowest BCUT2D eigenvalue weighted by atomic mass is 10.0. The Morgan fingerprint density at radius 1 is 1.30 bits per heavy atom. The zero-order chi connectivity index (χ0) is 15.1. The van der Waals surface area contributed by atoms with Crippen LogP contribution in [-0.2, 0) is 11.2 Å². The summed E-state index contributed by atoms with van der Waals surface area (Å²) in [7, 11) is 5.71. The first-order valence-electron chi connectivity index (χ1n) is 6.99. The van der Waals surface area contributed by atoms with Crippen LogP contribution in [0.1, 0.15) is 23.1 Å². The van der Waals surface area contributed by atoms with Crippen LogP contribution >= 0.6 is 0 Å². The third-order valence-electron chi connectivity index (χ3n) is 3.24. The van der Waals surface area contributed by atoms with Gasteiger partial charge in [-0.15, -0.1) is 0 Å². The number of amides is 1. The Kier molecular flexibility index (Phi) is 6.52. The number of hydrogen-bond acceptors (Lipinski definition) is 3. The number of hydrogen-bond donors (Lipinski definition) is 1. The maximum Gasteiger partial charge on any atom is 0.224 e. The number of carbonyl (C=O) groups excluding carboxylic acids is 1. The van der Waals surface area contributed by atoms with Gasteiger partial charge in [0.15, 0.2) is 0 Å². The first-order valence-corrected chi connectivity index (χ1v) is 6.99. The van der Waals surface area contributed by atoms with Gasteiger partial charge in [0.25, 0.3) is 0 Å². The Hall–Kier alpha value is -1.55. The zero-order valence-electron chi connectivity index (χ0n) is 13.2. The average Bonchev–Trinajstić information content (AvgIpc) is 2.37. The molecule has 0 unspecified atom stereocenters. The van der Waals surface area contributed by atoms with Crippen molar-refractivity contribution in [1.29, 1.82) is 0 Å². The van der Waals surface area contributed by atoms with Crippen LogP contribution in [0.5, 0.6) is 5.75 Å². The Balaban J connectivity index is 2.57. The molecule has 4 heteroatoms. The fraction of sp³-hybridized carbons (Fsp3) is 0.562. The summed E-state index contributed by atoms with van der Waals surface area (Å²) in [6.45, 7) is 5.74. The molecule has 0 fully saturated rings. The topological polar surface area (TPSA) is 41.6 Å². The number of ether oxygens (including phenoxy) is 1. The van der Waals surface area contributed by atoms with E-state index >= 15 is 0 Å². The van der Waals surface area contributed by atoms with Gasteiger partial charge in [-0.3, -0.25) is 4.79 Å². The van der Waals surface area contributed by atoms with Crippen LogP contribution < -0.4 is 10.1 Å². The Labute approximate surface area is 122 Å². The normalized spacial score (nSPS) is 10.7. The highest BCUT2D eigenvalue weighted by Gasteiger charge is 2.12. The summed E-state index contributed by atoms with van der Waals surface area (Å²) < 4.78 is 5.38. The molecule has 1 aromatic carbocycles. The summed E-state index contributed by atoms with van der Waals surface area (Å²) >= 11 is 0. The second kappa shape index (κ2) is 7.90. The van der Waals surface area contributed by atoms with E-state index in [1.54, 1.807) is 7.11 Å². The Morgan fingerprint density at radius 3 is 2.60 bits per heavy atom. The molecule has 0 aliphatic carbocycles. The maximum atomic E-state index is 12.0. The molecule has 0 aliphatic heterocycles. The third kappa shape index (κ3) is 5.21. The van der Waals surface area contributed by atoms with Crippen molar-refractivity contribution in [2.75, 3.05) is 34.3 Å². The van der Waals surface area contributed by atoms with E-state index in [9.17, 15) is 4.79 Å². The van der Waals surface area contributed by atoms with Gasteiger partial charge >= 0.3 is 0 Å². The van der Waals surface area contributed by atoms with Crippen molar-refractivity contribution in [2.45, 2.75) is 26.7 Å². The number of benzene rings is 1. The fourth-order valence-corrected chi connectivity index (χ4v) is 2.21. The monoisotopic (exact) mass is 278 g/mol. The average molecular weight is 278 g/mol. The molecule has 0 atom stereocenters. The lowest BCUT2D eigenvalue weighted by molar-refractivity contribution is -0.120. The van der Waals surface area contributed by atoms with Crippen molar-refractivity contribution in [3.05, 3.63) is 28.8 Å². The molecular weight excluding hydrogens is 252 g/mol. The molecule has 1 amide bonds. The number of carbonyl (C=O) groups is 1. The van der Waals surface area contributed by atoms with Gasteiger partial charge in [0, 0.05) is 12.1 Å². The first-order chi connectivity index (χ1) is 9.43. The molecule has 1 rings (SSSR count). The molecule has 0 saturated carbocycles. The molecule has 0 spiro atoms.